The van der Waals surface area contributed by atoms with E-state index >= 15 is 0 Å². The molecule has 20 aromatic carbocycles. The molecule has 0 saturated heterocycles. The fourth-order valence-corrected chi connectivity index (χ4v) is 20.1. The van der Waals surface area contributed by atoms with Crippen LogP contribution in [0.2, 0.25) is 0 Å². The molecule has 135 heavy (non-hydrogen) atoms. The zero-order valence-electron chi connectivity index (χ0n) is 74.9. The molecule has 25 rings (SSSR count). The summed E-state index contributed by atoms with van der Waals surface area (Å²) in [6.45, 7) is 4.70. The topological polar surface area (TPSA) is 37.4 Å². The van der Waals surface area contributed by atoms with Crippen molar-refractivity contribution in [3.63, 3.8) is 0 Å². The van der Waals surface area contributed by atoms with Crippen molar-refractivity contribution in [1.29, 1.82) is 0 Å². The molecule has 0 bridgehead atoms. The quantitative estimate of drug-likeness (QED) is 0.0911. The molecule has 0 amide bonds. The summed E-state index contributed by atoms with van der Waals surface area (Å²) in [7, 11) is 0. The normalized spacial score (nSPS) is 11.8. The Morgan fingerprint density at radius 1 is 0.178 bits per heavy atom. The standard InChI is InChI=1S/C45H34N2.C42H30N2.C41H29N3/c1-45(2)41-19-11-9-17-37(41)38-27-25-35(29-42(38)45)46(34-23-21-32(22-24-34)31-13-5-3-6-14-31)36-26-28-40-39-18-10-12-20-43(39)47(44(40)30-36)33-15-7-4-8-16-33;1-4-12-31(13-5-1)33-20-24-36(25-21-33)43(37-26-22-34(23-27-37)32-14-6-2-7-15-32)38-28-29-40-39-18-10-11-19-41(39)44(42(40)30-38)35-16-8-3-9-17-35;1-3-10-30(11-4-1)32-17-21-34(22-18-32)43(35-23-19-33(20-24-35)31-12-5-2-6-13-31)36-25-26-39-38-15-7-8-16-40(38)44(41(39)28-36)37-14-9-27-42-29-37/h3-30H,1-2H3;1-30H;1-29H. The number of nitrogens with zero attached hydrogens (tertiary/aromatic N) is 7. The van der Waals surface area contributed by atoms with E-state index in [1.54, 1.807) is 0 Å². The minimum Gasteiger partial charge on any atom is -0.310 e. The van der Waals surface area contributed by atoms with E-state index in [4.69, 9.17) is 0 Å². The van der Waals surface area contributed by atoms with Crippen LogP contribution < -0.4 is 14.7 Å². The molecule has 0 atom stereocenters. The van der Waals surface area contributed by atoms with E-state index in [0.717, 1.165) is 73.8 Å². The highest BCUT2D eigenvalue weighted by Gasteiger charge is 2.36. The maximum absolute atomic E-state index is 4.44. The maximum Gasteiger partial charge on any atom is 0.0645 e. The second-order valence-electron chi connectivity index (χ2n) is 35.0. The number of hydrogen-bond donors (Lipinski definition) is 0. The SMILES string of the molecule is CC1(C)c2ccccc2-c2ccc(N(c3ccc(-c4ccccc4)cc3)c3ccc4c5ccccc5n(-c5ccccc5)c4c3)cc21.c1ccc(-c2ccc(N(c3ccc(-c4ccccc4)cc3)c3ccc4c5ccccc5n(-c5ccccc5)c4c3)cc2)cc1.c1ccc(-c2ccc(N(c3ccc(-c4ccccc4)cc3)c3ccc4c5ccccc5n(-c5cccnc5)c4c3)cc2)cc1. The van der Waals surface area contributed by atoms with Gasteiger partial charge in [0.1, 0.15) is 0 Å². The van der Waals surface area contributed by atoms with Gasteiger partial charge in [0.25, 0.3) is 0 Å². The number of fused-ring (bicyclic) bond motifs is 12. The zero-order valence-corrected chi connectivity index (χ0v) is 74.9. The molecule has 24 aromatic rings. The van der Waals surface area contributed by atoms with Crippen LogP contribution in [0.25, 0.3) is 149 Å². The van der Waals surface area contributed by atoms with E-state index in [9.17, 15) is 0 Å². The van der Waals surface area contributed by atoms with Crippen molar-refractivity contribution in [2.75, 3.05) is 14.7 Å². The molecular formula is C128H93N7. The van der Waals surface area contributed by atoms with Crippen LogP contribution in [-0.2, 0) is 5.41 Å². The molecule has 0 fully saturated rings. The molecule has 640 valence electrons. The predicted octanol–water partition coefficient (Wildman–Crippen LogP) is 34.8. The highest BCUT2D eigenvalue weighted by atomic mass is 15.2. The Hall–Kier alpha value is -17.7. The van der Waals surface area contributed by atoms with E-state index in [0.29, 0.717) is 0 Å². The van der Waals surface area contributed by atoms with Crippen molar-refractivity contribution in [2.24, 2.45) is 0 Å². The smallest absolute Gasteiger partial charge is 0.0645 e. The second-order valence-corrected chi connectivity index (χ2v) is 35.0. The van der Waals surface area contributed by atoms with Gasteiger partial charge in [-0.25, -0.2) is 0 Å². The van der Waals surface area contributed by atoms with Crippen LogP contribution >= 0.6 is 0 Å². The van der Waals surface area contributed by atoms with Gasteiger partial charge in [-0.2, -0.15) is 0 Å². The van der Waals surface area contributed by atoms with E-state index in [1.165, 1.54) is 138 Å². The molecule has 0 aliphatic heterocycles. The van der Waals surface area contributed by atoms with Crippen molar-refractivity contribution in [2.45, 2.75) is 19.3 Å². The Bertz CT molecular complexity index is 7860. The van der Waals surface area contributed by atoms with Crippen molar-refractivity contribution in [3.05, 3.63) is 539 Å². The summed E-state index contributed by atoms with van der Waals surface area (Å²) in [6.07, 6.45) is 3.75. The van der Waals surface area contributed by atoms with Gasteiger partial charge in [-0.1, -0.05) is 366 Å². The molecule has 1 aliphatic carbocycles. The molecule has 0 saturated carbocycles. The number of rotatable bonds is 17. The molecule has 7 nitrogen and oxygen atoms in total. The van der Waals surface area contributed by atoms with Gasteiger partial charge in [-0.15, -0.1) is 0 Å². The zero-order chi connectivity index (χ0) is 90.1. The van der Waals surface area contributed by atoms with E-state index < -0.39 is 0 Å². The Morgan fingerprint density at radius 3 is 0.741 bits per heavy atom. The number of aromatic nitrogens is 4. The molecule has 0 unspecified atom stereocenters. The molecule has 4 aromatic heterocycles. The average molecular weight is 1730 g/mol. The van der Waals surface area contributed by atoms with Gasteiger partial charge in [0, 0.05) is 106 Å². The number of pyridine rings is 1. The Balaban J connectivity index is 0.000000114. The first-order valence-electron chi connectivity index (χ1n) is 46.3. The van der Waals surface area contributed by atoms with Crippen LogP contribution in [0, 0.1) is 0 Å². The molecule has 1 aliphatic rings. The van der Waals surface area contributed by atoms with E-state index in [-0.39, 0.29) is 5.41 Å². The first-order chi connectivity index (χ1) is 66.7. The van der Waals surface area contributed by atoms with Gasteiger partial charge in [0.15, 0.2) is 0 Å². The average Bonchev–Trinajstić information content (AvgIpc) is 1.58. The molecule has 7 heteroatoms. The summed E-state index contributed by atoms with van der Waals surface area (Å²) in [6, 6.07) is 185. The summed E-state index contributed by atoms with van der Waals surface area (Å²) in [5.41, 5.74) is 37.9. The Morgan fingerprint density at radius 2 is 0.415 bits per heavy atom. The van der Waals surface area contributed by atoms with Gasteiger partial charge in [0.05, 0.1) is 45.0 Å². The summed E-state index contributed by atoms with van der Waals surface area (Å²) in [5, 5.41) is 7.44. The Labute approximate surface area is 786 Å². The lowest BCUT2D eigenvalue weighted by molar-refractivity contribution is 0.660. The lowest BCUT2D eigenvalue weighted by Crippen LogP contribution is -2.16. The first kappa shape index (κ1) is 81.8. The third-order valence-corrected chi connectivity index (χ3v) is 26.7. The third kappa shape index (κ3) is 15.6. The summed E-state index contributed by atoms with van der Waals surface area (Å²) < 4.78 is 7.09. The van der Waals surface area contributed by atoms with E-state index in [2.05, 4.69) is 557 Å². The lowest BCUT2D eigenvalue weighted by Gasteiger charge is -2.28. The minimum atomic E-state index is -0.0888. The van der Waals surface area contributed by atoms with Crippen molar-refractivity contribution in [3.8, 4) is 83.8 Å². The first-order valence-corrected chi connectivity index (χ1v) is 46.3. The number of benzene rings is 20. The fraction of sp³-hybridized carbons (Fsp3) is 0.0234. The lowest BCUT2D eigenvalue weighted by atomic mass is 9.82. The largest absolute Gasteiger partial charge is 0.310 e. The fourth-order valence-electron chi connectivity index (χ4n) is 20.1. The molecule has 0 N–H and O–H groups in total. The van der Waals surface area contributed by atoms with Crippen molar-refractivity contribution in [1.82, 2.24) is 18.7 Å². The summed E-state index contributed by atoms with van der Waals surface area (Å²) in [4.78, 5) is 11.6. The number of anilines is 9. The van der Waals surface area contributed by atoms with Crippen LogP contribution in [0.3, 0.4) is 0 Å². The summed E-state index contributed by atoms with van der Waals surface area (Å²) >= 11 is 0. The molecule has 0 radical (unpaired) electrons. The highest BCUT2D eigenvalue weighted by molar-refractivity contribution is 6.13. The number of hydrogen-bond acceptors (Lipinski definition) is 4. The monoisotopic (exact) mass is 1730 g/mol. The van der Waals surface area contributed by atoms with Crippen LogP contribution in [0.1, 0.15) is 25.0 Å². The second kappa shape index (κ2) is 35.7. The van der Waals surface area contributed by atoms with Crippen molar-refractivity contribution >= 4 is 117 Å². The Kier molecular flexibility index (Phi) is 21.6. The van der Waals surface area contributed by atoms with Gasteiger partial charge in [-0.3, -0.25) is 4.98 Å². The van der Waals surface area contributed by atoms with Crippen LogP contribution in [-0.4, -0.2) is 18.7 Å². The highest BCUT2D eigenvalue weighted by Crippen LogP contribution is 2.52. The minimum absolute atomic E-state index is 0.0888. The number of para-hydroxylation sites is 5. The maximum atomic E-state index is 4.44. The van der Waals surface area contributed by atoms with Gasteiger partial charge < -0.3 is 28.4 Å². The predicted molar refractivity (Wildman–Crippen MR) is 569 cm³/mol. The van der Waals surface area contributed by atoms with Crippen LogP contribution in [0.4, 0.5) is 51.2 Å². The third-order valence-electron chi connectivity index (χ3n) is 26.7. The van der Waals surface area contributed by atoms with Gasteiger partial charge >= 0.3 is 0 Å². The molecule has 4 heterocycles. The van der Waals surface area contributed by atoms with Crippen LogP contribution in [0.15, 0.2) is 528 Å². The van der Waals surface area contributed by atoms with Gasteiger partial charge in [-0.05, 0) is 242 Å². The van der Waals surface area contributed by atoms with Crippen molar-refractivity contribution < 1.29 is 0 Å². The van der Waals surface area contributed by atoms with E-state index in [1.807, 2.05) is 18.5 Å². The molecule has 0 spiro atoms. The van der Waals surface area contributed by atoms with Crippen LogP contribution in [0.5, 0.6) is 0 Å². The summed E-state index contributed by atoms with van der Waals surface area (Å²) in [5.74, 6) is 0. The molecular weight excluding hydrogens is 1640 g/mol. The van der Waals surface area contributed by atoms with Gasteiger partial charge in [0.2, 0.25) is 0 Å².